The molecule has 0 aliphatic heterocycles. The Hall–Kier alpha value is -3.28. The Kier molecular flexibility index (Phi) is 10.9. The molecule has 0 heterocycles. The van der Waals surface area contributed by atoms with E-state index in [1.165, 1.54) is 5.56 Å². The van der Waals surface area contributed by atoms with Crippen LogP contribution < -0.4 is 9.47 Å². The van der Waals surface area contributed by atoms with Gasteiger partial charge in [0.1, 0.15) is 11.5 Å². The van der Waals surface area contributed by atoms with Crippen molar-refractivity contribution >= 4 is 33.5 Å². The van der Waals surface area contributed by atoms with Gasteiger partial charge in [-0.3, -0.25) is 9.59 Å². The smallest absolute Gasteiger partial charge is 0.309 e. The van der Waals surface area contributed by atoms with Crippen LogP contribution in [0.3, 0.4) is 0 Å². The van der Waals surface area contributed by atoms with Crippen LogP contribution in [0.4, 0.5) is 0 Å². The van der Waals surface area contributed by atoms with Crippen molar-refractivity contribution in [1.29, 1.82) is 0 Å². The number of hydrogen-bond donors (Lipinski definition) is 0. The van der Waals surface area contributed by atoms with Gasteiger partial charge in [-0.25, -0.2) is 0 Å². The fraction of sp³-hybridized carbons (Fsp3) is 0.467. The zero-order chi connectivity index (χ0) is 25.8. The van der Waals surface area contributed by atoms with Crippen LogP contribution in [-0.4, -0.2) is 38.4 Å². The third-order valence-corrected chi connectivity index (χ3v) is 6.02. The van der Waals surface area contributed by atoms with Crippen LogP contribution in [0.15, 0.2) is 42.5 Å². The molecule has 0 saturated heterocycles. The quantitative estimate of drug-likeness (QED) is 0.132. The Morgan fingerprint density at radius 3 is 1.64 bits per heavy atom. The van der Waals surface area contributed by atoms with Gasteiger partial charge >= 0.3 is 11.9 Å². The second-order valence-electron chi connectivity index (χ2n) is 8.78. The molecule has 0 N–H and O–H groups in total. The lowest BCUT2D eigenvalue weighted by Crippen LogP contribution is -2.12. The molecule has 0 amide bonds. The number of benzene rings is 3. The lowest BCUT2D eigenvalue weighted by Gasteiger charge is -2.18. The van der Waals surface area contributed by atoms with E-state index in [0.29, 0.717) is 13.2 Å². The molecule has 0 aliphatic carbocycles. The van der Waals surface area contributed by atoms with E-state index in [4.69, 9.17) is 18.9 Å². The zero-order valence-electron chi connectivity index (χ0n) is 21.8. The number of unbranched alkanes of at least 4 members (excludes halogenated alkanes) is 2. The molecule has 0 spiro atoms. The Labute approximate surface area is 213 Å². The summed E-state index contributed by atoms with van der Waals surface area (Å²) in [6.07, 6.45) is 4.94. The fourth-order valence-electron chi connectivity index (χ4n) is 3.96. The van der Waals surface area contributed by atoms with Crippen molar-refractivity contribution in [3.05, 3.63) is 48.0 Å². The third kappa shape index (κ3) is 7.36. The van der Waals surface area contributed by atoms with Crippen LogP contribution in [0.25, 0.3) is 21.5 Å². The van der Waals surface area contributed by atoms with Crippen LogP contribution in [0.5, 0.6) is 11.5 Å². The molecule has 0 aliphatic rings. The highest BCUT2D eigenvalue weighted by Gasteiger charge is 2.17. The normalized spacial score (nSPS) is 11.0. The van der Waals surface area contributed by atoms with E-state index in [1.807, 2.05) is 30.3 Å². The molecule has 36 heavy (non-hydrogen) atoms. The molecule has 0 saturated carbocycles. The number of rotatable bonds is 15. The molecule has 0 aromatic heterocycles. The van der Waals surface area contributed by atoms with Gasteiger partial charge in [0.2, 0.25) is 0 Å². The van der Waals surface area contributed by atoms with E-state index < -0.39 is 0 Å². The highest BCUT2D eigenvalue weighted by molar-refractivity contribution is 6.11. The van der Waals surface area contributed by atoms with Gasteiger partial charge in [-0.1, -0.05) is 70.0 Å². The molecule has 3 rings (SSSR count). The first-order valence-corrected chi connectivity index (χ1v) is 13.1. The van der Waals surface area contributed by atoms with Gasteiger partial charge in [0.05, 0.1) is 39.3 Å². The molecule has 3 aromatic rings. The summed E-state index contributed by atoms with van der Waals surface area (Å²) in [7, 11) is 0. The molecular formula is C30H38O6. The van der Waals surface area contributed by atoms with E-state index in [2.05, 4.69) is 32.9 Å². The van der Waals surface area contributed by atoms with Crippen LogP contribution >= 0.6 is 0 Å². The summed E-state index contributed by atoms with van der Waals surface area (Å²) < 4.78 is 23.0. The van der Waals surface area contributed by atoms with Gasteiger partial charge in [-0.2, -0.15) is 0 Å². The summed E-state index contributed by atoms with van der Waals surface area (Å²) >= 11 is 0. The number of hydrogen-bond acceptors (Lipinski definition) is 6. The minimum Gasteiger partial charge on any atom is -0.492 e. The predicted molar refractivity (Wildman–Crippen MR) is 143 cm³/mol. The molecule has 194 valence electrons. The van der Waals surface area contributed by atoms with Gasteiger partial charge < -0.3 is 18.9 Å². The van der Waals surface area contributed by atoms with Crippen molar-refractivity contribution in [3.8, 4) is 11.5 Å². The topological polar surface area (TPSA) is 71.1 Å². The van der Waals surface area contributed by atoms with Gasteiger partial charge in [-0.05, 0) is 30.9 Å². The number of ether oxygens (including phenoxy) is 4. The summed E-state index contributed by atoms with van der Waals surface area (Å²) in [6, 6.07) is 14.1. The average molecular weight is 495 g/mol. The standard InChI is InChI=1S/C30H38O6/c1-4-7-17-33-27(31)15-19-35-29-23-11-9-10-12-24(23)30(26-21-22(6-3)13-14-25(26)29)36-20-16-28(32)34-18-8-5-2/h9-14,21H,4-8,15-20H2,1-3H3. The summed E-state index contributed by atoms with van der Waals surface area (Å²) in [5.41, 5.74) is 1.17. The minimum absolute atomic E-state index is 0.185. The number of esters is 2. The maximum atomic E-state index is 12.1. The molecule has 0 atom stereocenters. The second kappa shape index (κ2) is 14.3. The van der Waals surface area contributed by atoms with Crippen LogP contribution in [0.2, 0.25) is 0 Å². The van der Waals surface area contributed by atoms with E-state index in [-0.39, 0.29) is 38.0 Å². The van der Waals surface area contributed by atoms with Crippen molar-refractivity contribution in [2.45, 2.75) is 65.7 Å². The minimum atomic E-state index is -0.254. The largest absolute Gasteiger partial charge is 0.492 e. The monoisotopic (exact) mass is 494 g/mol. The van der Waals surface area contributed by atoms with Crippen molar-refractivity contribution in [3.63, 3.8) is 0 Å². The lowest BCUT2D eigenvalue weighted by molar-refractivity contribution is -0.145. The summed E-state index contributed by atoms with van der Waals surface area (Å²) in [4.78, 5) is 24.2. The van der Waals surface area contributed by atoms with Crippen molar-refractivity contribution in [2.75, 3.05) is 26.4 Å². The Morgan fingerprint density at radius 2 is 1.14 bits per heavy atom. The highest BCUT2D eigenvalue weighted by atomic mass is 16.5. The van der Waals surface area contributed by atoms with Crippen LogP contribution in [-0.2, 0) is 25.5 Å². The Morgan fingerprint density at radius 1 is 0.639 bits per heavy atom. The van der Waals surface area contributed by atoms with Crippen LogP contribution in [0, 0.1) is 0 Å². The zero-order valence-corrected chi connectivity index (χ0v) is 21.8. The number of carbonyl (C=O) groups excluding carboxylic acids is 2. The number of fused-ring (bicyclic) bond motifs is 2. The lowest BCUT2D eigenvalue weighted by atomic mass is 9.98. The van der Waals surface area contributed by atoms with Gasteiger partial charge in [-0.15, -0.1) is 0 Å². The van der Waals surface area contributed by atoms with Crippen LogP contribution in [0.1, 0.15) is 64.9 Å². The maximum absolute atomic E-state index is 12.1. The third-order valence-electron chi connectivity index (χ3n) is 6.02. The molecule has 6 nitrogen and oxygen atoms in total. The van der Waals surface area contributed by atoms with E-state index >= 15 is 0 Å². The highest BCUT2D eigenvalue weighted by Crippen LogP contribution is 2.43. The average Bonchev–Trinajstić information content (AvgIpc) is 2.89. The predicted octanol–water partition coefficient (Wildman–Crippen LogP) is 6.78. The van der Waals surface area contributed by atoms with Crippen molar-refractivity contribution in [1.82, 2.24) is 0 Å². The van der Waals surface area contributed by atoms with Gasteiger partial charge in [0.15, 0.2) is 0 Å². The number of aryl methyl sites for hydroxylation is 1. The fourth-order valence-corrected chi connectivity index (χ4v) is 3.96. The molecule has 0 unspecified atom stereocenters. The van der Waals surface area contributed by atoms with Crippen molar-refractivity contribution < 1.29 is 28.5 Å². The Bertz CT molecular complexity index is 1150. The summed E-state index contributed by atoms with van der Waals surface area (Å²) in [6.45, 7) is 7.57. The van der Waals surface area contributed by atoms with E-state index in [9.17, 15) is 9.59 Å². The maximum Gasteiger partial charge on any atom is 0.309 e. The number of carbonyl (C=O) groups is 2. The molecule has 6 heteroatoms. The molecule has 0 radical (unpaired) electrons. The Balaban J connectivity index is 1.86. The van der Waals surface area contributed by atoms with Crippen molar-refractivity contribution in [2.24, 2.45) is 0 Å². The summed E-state index contributed by atoms with van der Waals surface area (Å²) in [5.74, 6) is 0.938. The second-order valence-corrected chi connectivity index (χ2v) is 8.78. The van der Waals surface area contributed by atoms with Gasteiger partial charge in [0.25, 0.3) is 0 Å². The molecule has 0 bridgehead atoms. The molecule has 3 aromatic carbocycles. The SMILES string of the molecule is CCCCOC(=O)CCOc1c2ccccc2c(OCCC(=O)OCCCC)c2cc(CC)ccc12. The summed E-state index contributed by atoms with van der Waals surface area (Å²) in [5, 5.41) is 3.63. The molecular weight excluding hydrogens is 456 g/mol. The molecule has 0 fully saturated rings. The van der Waals surface area contributed by atoms with E-state index in [1.54, 1.807) is 0 Å². The first-order valence-electron chi connectivity index (χ1n) is 13.1. The first-order chi connectivity index (χ1) is 17.6. The van der Waals surface area contributed by atoms with E-state index in [0.717, 1.165) is 65.1 Å². The van der Waals surface area contributed by atoms with Gasteiger partial charge in [0, 0.05) is 21.5 Å². The first kappa shape index (κ1) is 27.3.